The number of nitrogens with zero attached hydrogens (tertiary/aromatic N) is 1. The molecule has 31 heavy (non-hydrogen) atoms. The number of hydrogen-bond acceptors (Lipinski definition) is 6. The highest BCUT2D eigenvalue weighted by Crippen LogP contribution is 2.35. The van der Waals surface area contributed by atoms with E-state index in [4.69, 9.17) is 9.47 Å². The smallest absolute Gasteiger partial charge is 0.243 e. The zero-order valence-corrected chi connectivity index (χ0v) is 17.4. The lowest BCUT2D eigenvalue weighted by Crippen LogP contribution is -2.41. The minimum absolute atomic E-state index is 0.140. The Morgan fingerprint density at radius 1 is 1.06 bits per heavy atom. The molecule has 0 aliphatic carbocycles. The molecule has 3 aliphatic heterocycles. The predicted octanol–water partition coefficient (Wildman–Crippen LogP) is 1.95. The lowest BCUT2D eigenvalue weighted by Gasteiger charge is -2.30. The Labute approximate surface area is 179 Å². The molecule has 0 bridgehead atoms. The number of ether oxygens (including phenoxy) is 2. The van der Waals surface area contributed by atoms with Crippen molar-refractivity contribution in [3.05, 3.63) is 42.0 Å². The largest absolute Gasteiger partial charge is 0.454 e. The van der Waals surface area contributed by atoms with E-state index in [-0.39, 0.29) is 48.9 Å². The number of rotatable bonds is 4. The van der Waals surface area contributed by atoms with Crippen LogP contribution in [0.5, 0.6) is 11.5 Å². The molecule has 0 saturated carbocycles. The second-order valence-corrected chi connectivity index (χ2v) is 9.72. The maximum absolute atomic E-state index is 13.0. The van der Waals surface area contributed by atoms with Crippen molar-refractivity contribution in [2.24, 2.45) is 5.92 Å². The van der Waals surface area contributed by atoms with Crippen molar-refractivity contribution < 1.29 is 27.5 Å². The van der Waals surface area contributed by atoms with Crippen LogP contribution in [0.3, 0.4) is 0 Å². The van der Waals surface area contributed by atoms with Crippen molar-refractivity contribution in [1.82, 2.24) is 4.31 Å². The molecule has 0 radical (unpaired) electrons. The highest BCUT2D eigenvalue weighted by molar-refractivity contribution is 7.89. The molecule has 2 amide bonds. The van der Waals surface area contributed by atoms with E-state index in [1.807, 2.05) is 0 Å². The SMILES string of the molecule is O=C1Cc2cc(S(=O)(=O)N3CCC(C(=O)Nc4ccc5c(c4)OCO5)CC3)ccc2N1. The second kappa shape index (κ2) is 7.54. The fourth-order valence-electron chi connectivity index (χ4n) is 4.09. The van der Waals surface area contributed by atoms with Gasteiger partial charge in [-0.1, -0.05) is 0 Å². The summed E-state index contributed by atoms with van der Waals surface area (Å²) in [5, 5.41) is 5.58. The zero-order valence-electron chi connectivity index (χ0n) is 16.6. The Bertz CT molecular complexity index is 1170. The van der Waals surface area contributed by atoms with Crippen LogP contribution in [0, 0.1) is 5.92 Å². The van der Waals surface area contributed by atoms with Gasteiger partial charge in [0.25, 0.3) is 0 Å². The van der Waals surface area contributed by atoms with Crippen LogP contribution in [0.2, 0.25) is 0 Å². The van der Waals surface area contributed by atoms with Crippen LogP contribution in [-0.2, 0) is 26.0 Å². The quantitative estimate of drug-likeness (QED) is 0.747. The van der Waals surface area contributed by atoms with Gasteiger partial charge in [0, 0.05) is 36.4 Å². The Hall–Kier alpha value is -3.11. The highest BCUT2D eigenvalue weighted by atomic mass is 32.2. The van der Waals surface area contributed by atoms with Gasteiger partial charge in [-0.15, -0.1) is 0 Å². The summed E-state index contributed by atoms with van der Waals surface area (Å²) < 4.78 is 38.1. The Morgan fingerprint density at radius 2 is 1.84 bits per heavy atom. The van der Waals surface area contributed by atoms with Gasteiger partial charge in [0.05, 0.1) is 11.3 Å². The first-order chi connectivity index (χ1) is 14.9. The summed E-state index contributed by atoms with van der Waals surface area (Å²) >= 11 is 0. The summed E-state index contributed by atoms with van der Waals surface area (Å²) in [6.07, 6.45) is 1.04. The zero-order chi connectivity index (χ0) is 21.6. The molecule has 2 aromatic carbocycles. The number of carbonyl (C=O) groups is 2. The van der Waals surface area contributed by atoms with Crippen LogP contribution < -0.4 is 20.1 Å². The maximum Gasteiger partial charge on any atom is 0.243 e. The number of amides is 2. The highest BCUT2D eigenvalue weighted by Gasteiger charge is 2.33. The van der Waals surface area contributed by atoms with Crippen LogP contribution in [0.25, 0.3) is 0 Å². The summed E-state index contributed by atoms with van der Waals surface area (Å²) in [5.74, 6) is 0.670. The van der Waals surface area contributed by atoms with Gasteiger partial charge in [0.2, 0.25) is 28.6 Å². The van der Waals surface area contributed by atoms with E-state index in [0.29, 0.717) is 41.3 Å². The van der Waals surface area contributed by atoms with Crippen molar-refractivity contribution in [1.29, 1.82) is 0 Å². The molecule has 10 heteroatoms. The molecular weight excluding hydrogens is 422 g/mol. The molecule has 0 atom stereocenters. The van der Waals surface area contributed by atoms with Gasteiger partial charge in [0.15, 0.2) is 11.5 Å². The summed E-state index contributed by atoms with van der Waals surface area (Å²) in [7, 11) is -3.68. The molecule has 0 spiro atoms. The first kappa shape index (κ1) is 19.8. The number of carbonyl (C=O) groups excluding carboxylic acids is 2. The molecule has 3 heterocycles. The number of piperidine rings is 1. The molecule has 1 saturated heterocycles. The number of sulfonamides is 1. The van der Waals surface area contributed by atoms with E-state index < -0.39 is 10.0 Å². The molecule has 0 unspecified atom stereocenters. The number of hydrogen-bond donors (Lipinski definition) is 2. The fourth-order valence-corrected chi connectivity index (χ4v) is 5.61. The van der Waals surface area contributed by atoms with Gasteiger partial charge < -0.3 is 20.1 Å². The van der Waals surface area contributed by atoms with Gasteiger partial charge in [-0.25, -0.2) is 8.42 Å². The van der Waals surface area contributed by atoms with E-state index >= 15 is 0 Å². The van der Waals surface area contributed by atoms with Crippen LogP contribution in [0.1, 0.15) is 18.4 Å². The maximum atomic E-state index is 13.0. The summed E-state index contributed by atoms with van der Waals surface area (Å²) in [4.78, 5) is 24.4. The van der Waals surface area contributed by atoms with Crippen LogP contribution in [-0.4, -0.2) is 44.4 Å². The van der Waals surface area contributed by atoms with Crippen LogP contribution in [0.15, 0.2) is 41.3 Å². The minimum atomic E-state index is -3.68. The fraction of sp³-hybridized carbons (Fsp3) is 0.333. The average molecular weight is 443 g/mol. The molecule has 0 aromatic heterocycles. The molecule has 162 valence electrons. The van der Waals surface area contributed by atoms with Gasteiger partial charge in [-0.05, 0) is 48.7 Å². The summed E-state index contributed by atoms with van der Waals surface area (Å²) in [5.41, 5.74) is 1.96. The van der Waals surface area contributed by atoms with E-state index in [0.717, 1.165) is 0 Å². The summed E-state index contributed by atoms with van der Waals surface area (Å²) in [6.45, 7) is 0.683. The minimum Gasteiger partial charge on any atom is -0.454 e. The Balaban J connectivity index is 1.22. The molecule has 5 rings (SSSR count). The third-order valence-electron chi connectivity index (χ3n) is 5.80. The van der Waals surface area contributed by atoms with E-state index in [1.165, 1.54) is 10.4 Å². The Morgan fingerprint density at radius 3 is 2.65 bits per heavy atom. The second-order valence-electron chi connectivity index (χ2n) is 7.78. The number of anilines is 2. The van der Waals surface area contributed by atoms with Gasteiger partial charge in [0.1, 0.15) is 0 Å². The van der Waals surface area contributed by atoms with Gasteiger partial charge in [-0.3, -0.25) is 9.59 Å². The molecule has 1 fully saturated rings. The van der Waals surface area contributed by atoms with Crippen LogP contribution >= 0.6 is 0 Å². The molecule has 2 aromatic rings. The average Bonchev–Trinajstić information content (AvgIpc) is 3.38. The third-order valence-corrected chi connectivity index (χ3v) is 7.70. The topological polar surface area (TPSA) is 114 Å². The monoisotopic (exact) mass is 443 g/mol. The molecular formula is C21H21N3O6S. The lowest BCUT2D eigenvalue weighted by molar-refractivity contribution is -0.121. The predicted molar refractivity (Wildman–Crippen MR) is 111 cm³/mol. The number of benzene rings is 2. The van der Waals surface area contributed by atoms with Crippen molar-refractivity contribution in [2.45, 2.75) is 24.2 Å². The van der Waals surface area contributed by atoms with E-state index in [1.54, 1.807) is 30.3 Å². The number of nitrogens with one attached hydrogen (secondary N) is 2. The molecule has 9 nitrogen and oxygen atoms in total. The Kier molecular flexibility index (Phi) is 4.82. The lowest BCUT2D eigenvalue weighted by atomic mass is 9.97. The first-order valence-electron chi connectivity index (χ1n) is 10.0. The van der Waals surface area contributed by atoms with Gasteiger partial charge >= 0.3 is 0 Å². The van der Waals surface area contributed by atoms with Crippen molar-refractivity contribution in [3.8, 4) is 11.5 Å². The van der Waals surface area contributed by atoms with Crippen molar-refractivity contribution in [3.63, 3.8) is 0 Å². The standard InChI is InChI=1S/C21H21N3O6S/c25-20-10-14-9-16(2-3-17(14)23-20)31(27,28)24-7-5-13(6-8-24)21(26)22-15-1-4-18-19(11-15)30-12-29-18/h1-4,9,11,13H,5-8,10,12H2,(H,22,26)(H,23,25). The third kappa shape index (κ3) is 3.72. The van der Waals surface area contributed by atoms with Gasteiger partial charge in [-0.2, -0.15) is 4.31 Å². The first-order valence-corrected chi connectivity index (χ1v) is 11.5. The van der Waals surface area contributed by atoms with Crippen molar-refractivity contribution in [2.75, 3.05) is 30.5 Å². The molecule has 2 N–H and O–H groups in total. The molecule has 3 aliphatic rings. The number of fused-ring (bicyclic) bond motifs is 2. The van der Waals surface area contributed by atoms with Crippen molar-refractivity contribution >= 4 is 33.2 Å². The normalized spacial score (nSPS) is 18.5. The van der Waals surface area contributed by atoms with E-state index in [9.17, 15) is 18.0 Å². The summed E-state index contributed by atoms with van der Waals surface area (Å²) in [6, 6.07) is 9.90. The van der Waals surface area contributed by atoms with E-state index in [2.05, 4.69) is 10.6 Å². The van der Waals surface area contributed by atoms with Crippen LogP contribution in [0.4, 0.5) is 11.4 Å².